The number of aromatic nitrogens is 5. The van der Waals surface area contributed by atoms with Gasteiger partial charge in [0, 0.05) is 25.0 Å². The molecule has 0 saturated carbocycles. The minimum atomic E-state index is -0.355. The smallest absolute Gasteiger partial charge is 0.311 e. The standard InChI is InChI=1S/C21H25N5O2/c1-6-14(3)26-15(4)11-24-17-18(22-20(24)26)23(5)21(28)25(19(17)27)12-16-9-7-8-13(2)10-16/h7-11,14H,6,12H2,1-5H3/t14-/m1/s1. The Kier molecular flexibility index (Phi) is 4.25. The maximum atomic E-state index is 13.3. The molecule has 7 nitrogen and oxygen atoms in total. The second kappa shape index (κ2) is 6.51. The lowest BCUT2D eigenvalue weighted by molar-refractivity contribution is 0.532. The van der Waals surface area contributed by atoms with Gasteiger partial charge in [-0.05, 0) is 32.8 Å². The van der Waals surface area contributed by atoms with E-state index in [-0.39, 0.29) is 23.8 Å². The SMILES string of the molecule is CC[C@@H](C)n1c(C)cn2c3c(=O)n(Cc4cccc(C)c4)c(=O)n(C)c3nc12. The number of hydrogen-bond acceptors (Lipinski definition) is 3. The van der Waals surface area contributed by atoms with Crippen molar-refractivity contribution >= 4 is 16.9 Å². The van der Waals surface area contributed by atoms with Gasteiger partial charge >= 0.3 is 5.69 Å². The quantitative estimate of drug-likeness (QED) is 0.548. The first kappa shape index (κ1) is 18.3. The van der Waals surface area contributed by atoms with Crippen LogP contribution in [0.5, 0.6) is 0 Å². The van der Waals surface area contributed by atoms with Gasteiger partial charge in [0.1, 0.15) is 0 Å². The highest BCUT2D eigenvalue weighted by atomic mass is 16.2. The summed E-state index contributed by atoms with van der Waals surface area (Å²) in [6.45, 7) is 8.49. The van der Waals surface area contributed by atoms with Crippen LogP contribution in [0.15, 0.2) is 40.1 Å². The fraction of sp³-hybridized carbons (Fsp3) is 0.381. The molecule has 1 atom stereocenters. The third-order valence-electron chi connectivity index (χ3n) is 5.52. The van der Waals surface area contributed by atoms with E-state index in [2.05, 4.69) is 23.4 Å². The molecule has 0 aliphatic carbocycles. The molecule has 7 heteroatoms. The Bertz CT molecular complexity index is 1320. The van der Waals surface area contributed by atoms with Crippen molar-refractivity contribution in [1.29, 1.82) is 0 Å². The van der Waals surface area contributed by atoms with Crippen LogP contribution in [0.4, 0.5) is 0 Å². The summed E-state index contributed by atoms with van der Waals surface area (Å²) in [6, 6.07) is 8.10. The molecule has 0 fully saturated rings. The number of imidazole rings is 2. The molecule has 3 aromatic heterocycles. The van der Waals surface area contributed by atoms with Crippen LogP contribution in [0.2, 0.25) is 0 Å². The van der Waals surface area contributed by atoms with Gasteiger partial charge in [-0.1, -0.05) is 36.8 Å². The molecule has 0 radical (unpaired) electrons. The van der Waals surface area contributed by atoms with Crippen LogP contribution in [0.25, 0.3) is 16.9 Å². The van der Waals surface area contributed by atoms with Gasteiger partial charge in [-0.15, -0.1) is 0 Å². The number of benzene rings is 1. The van der Waals surface area contributed by atoms with E-state index >= 15 is 0 Å². The lowest BCUT2D eigenvalue weighted by Gasteiger charge is -2.12. The highest BCUT2D eigenvalue weighted by Gasteiger charge is 2.21. The fourth-order valence-corrected chi connectivity index (χ4v) is 3.89. The average molecular weight is 379 g/mol. The maximum Gasteiger partial charge on any atom is 0.332 e. The van der Waals surface area contributed by atoms with Gasteiger partial charge in [0.15, 0.2) is 11.2 Å². The molecular weight excluding hydrogens is 354 g/mol. The van der Waals surface area contributed by atoms with Crippen LogP contribution in [0.3, 0.4) is 0 Å². The van der Waals surface area contributed by atoms with E-state index in [0.29, 0.717) is 16.9 Å². The second-order valence-corrected chi connectivity index (χ2v) is 7.57. The zero-order valence-corrected chi connectivity index (χ0v) is 16.9. The fourth-order valence-electron chi connectivity index (χ4n) is 3.89. The van der Waals surface area contributed by atoms with Gasteiger partial charge in [0.2, 0.25) is 5.78 Å². The first-order valence-electron chi connectivity index (χ1n) is 9.58. The molecular formula is C21H25N5O2. The molecule has 0 saturated heterocycles. The van der Waals surface area contributed by atoms with Gasteiger partial charge < -0.3 is 4.57 Å². The summed E-state index contributed by atoms with van der Waals surface area (Å²) in [5.41, 5.74) is 3.25. The molecule has 0 amide bonds. The van der Waals surface area contributed by atoms with Gasteiger partial charge in [-0.25, -0.2) is 4.79 Å². The van der Waals surface area contributed by atoms with E-state index in [9.17, 15) is 9.59 Å². The predicted octanol–water partition coefficient (Wildman–Crippen LogP) is 2.79. The Morgan fingerprint density at radius 3 is 2.61 bits per heavy atom. The Morgan fingerprint density at radius 2 is 1.93 bits per heavy atom. The highest BCUT2D eigenvalue weighted by molar-refractivity contribution is 5.75. The Balaban J connectivity index is 2.02. The van der Waals surface area contributed by atoms with Crippen LogP contribution in [-0.4, -0.2) is 23.1 Å². The van der Waals surface area contributed by atoms with Crippen LogP contribution < -0.4 is 11.2 Å². The predicted molar refractivity (Wildman–Crippen MR) is 110 cm³/mol. The maximum absolute atomic E-state index is 13.3. The molecule has 3 heterocycles. The molecule has 0 spiro atoms. The molecule has 0 unspecified atom stereocenters. The van der Waals surface area contributed by atoms with Crippen LogP contribution in [-0.2, 0) is 13.6 Å². The van der Waals surface area contributed by atoms with Crippen molar-refractivity contribution in [1.82, 2.24) is 23.1 Å². The third kappa shape index (κ3) is 2.61. The Labute approximate surface area is 162 Å². The topological polar surface area (TPSA) is 66.2 Å². The lowest BCUT2D eigenvalue weighted by Crippen LogP contribution is -2.39. The lowest BCUT2D eigenvalue weighted by atomic mass is 10.1. The normalized spacial score (nSPS) is 12.9. The zero-order chi connectivity index (χ0) is 20.2. The van der Waals surface area contributed by atoms with Gasteiger partial charge in [0.05, 0.1) is 6.54 Å². The summed E-state index contributed by atoms with van der Waals surface area (Å²) < 4.78 is 6.71. The van der Waals surface area contributed by atoms with Crippen molar-refractivity contribution < 1.29 is 0 Å². The number of rotatable bonds is 4. The van der Waals surface area contributed by atoms with Crippen molar-refractivity contribution in [3.05, 3.63) is 68.1 Å². The molecule has 0 aliphatic rings. The summed E-state index contributed by atoms with van der Waals surface area (Å²) in [6.07, 6.45) is 2.88. The minimum absolute atomic E-state index is 0.238. The molecule has 4 aromatic rings. The third-order valence-corrected chi connectivity index (χ3v) is 5.52. The van der Waals surface area contributed by atoms with Crippen molar-refractivity contribution in [3.8, 4) is 0 Å². The van der Waals surface area contributed by atoms with Crippen LogP contribution >= 0.6 is 0 Å². The highest BCUT2D eigenvalue weighted by Crippen LogP contribution is 2.22. The first-order chi connectivity index (χ1) is 13.3. The number of hydrogen-bond donors (Lipinski definition) is 0. The number of aryl methyl sites for hydroxylation is 3. The molecule has 0 aliphatic heterocycles. The molecule has 0 N–H and O–H groups in total. The molecule has 146 valence electrons. The Hall–Kier alpha value is -3.09. The van der Waals surface area contributed by atoms with Gasteiger partial charge in [-0.2, -0.15) is 4.98 Å². The van der Waals surface area contributed by atoms with E-state index in [4.69, 9.17) is 0 Å². The summed E-state index contributed by atoms with van der Waals surface area (Å²) >= 11 is 0. The number of fused-ring (bicyclic) bond motifs is 3. The summed E-state index contributed by atoms with van der Waals surface area (Å²) in [7, 11) is 1.67. The molecule has 28 heavy (non-hydrogen) atoms. The van der Waals surface area contributed by atoms with E-state index < -0.39 is 0 Å². The second-order valence-electron chi connectivity index (χ2n) is 7.57. The summed E-state index contributed by atoms with van der Waals surface area (Å²) in [5, 5.41) is 0. The molecule has 0 bridgehead atoms. The van der Waals surface area contributed by atoms with Crippen LogP contribution in [0, 0.1) is 13.8 Å². The zero-order valence-electron chi connectivity index (χ0n) is 16.9. The van der Waals surface area contributed by atoms with Crippen LogP contribution in [0.1, 0.15) is 43.1 Å². The van der Waals surface area contributed by atoms with Crippen molar-refractivity contribution in [2.75, 3.05) is 0 Å². The summed E-state index contributed by atoms with van der Waals surface area (Å²) in [5.74, 6) is 0.697. The van der Waals surface area contributed by atoms with Crippen molar-refractivity contribution in [2.45, 2.75) is 46.7 Å². The summed E-state index contributed by atoms with van der Waals surface area (Å²) in [4.78, 5) is 30.9. The molecule has 1 aromatic carbocycles. The molecule has 4 rings (SSSR count). The van der Waals surface area contributed by atoms with E-state index in [0.717, 1.165) is 23.2 Å². The largest absolute Gasteiger partial charge is 0.332 e. The Morgan fingerprint density at radius 1 is 1.18 bits per heavy atom. The van der Waals surface area contributed by atoms with Gasteiger partial charge in [-0.3, -0.25) is 18.3 Å². The van der Waals surface area contributed by atoms with E-state index in [1.165, 1.54) is 9.13 Å². The van der Waals surface area contributed by atoms with E-state index in [1.54, 1.807) is 7.05 Å². The number of nitrogens with zero attached hydrogens (tertiary/aromatic N) is 5. The van der Waals surface area contributed by atoms with Gasteiger partial charge in [0.25, 0.3) is 5.56 Å². The van der Waals surface area contributed by atoms with Crippen molar-refractivity contribution in [3.63, 3.8) is 0 Å². The average Bonchev–Trinajstić information content (AvgIpc) is 3.17. The monoisotopic (exact) mass is 379 g/mol. The van der Waals surface area contributed by atoms with Crippen molar-refractivity contribution in [2.24, 2.45) is 7.05 Å². The first-order valence-corrected chi connectivity index (χ1v) is 9.58. The van der Waals surface area contributed by atoms with E-state index in [1.807, 2.05) is 48.7 Å². The minimum Gasteiger partial charge on any atom is -0.311 e.